The van der Waals surface area contributed by atoms with E-state index in [1.54, 1.807) is 12.1 Å². The van der Waals surface area contributed by atoms with E-state index in [4.69, 9.17) is 9.47 Å². The van der Waals surface area contributed by atoms with Gasteiger partial charge in [-0.25, -0.2) is 9.78 Å². The lowest BCUT2D eigenvalue weighted by Crippen LogP contribution is -2.37. The van der Waals surface area contributed by atoms with Gasteiger partial charge in [0.1, 0.15) is 17.9 Å². The summed E-state index contributed by atoms with van der Waals surface area (Å²) < 4.78 is 10.6. The van der Waals surface area contributed by atoms with E-state index in [-0.39, 0.29) is 33.7 Å². The normalized spacial score (nSPS) is 10.6. The lowest BCUT2D eigenvalue weighted by atomic mass is 10.2. The van der Waals surface area contributed by atoms with Crippen molar-refractivity contribution in [2.75, 3.05) is 7.11 Å². The summed E-state index contributed by atoms with van der Waals surface area (Å²) in [6.07, 6.45) is 0. The van der Waals surface area contributed by atoms with Crippen molar-refractivity contribution >= 4 is 28.5 Å². The maximum Gasteiger partial charge on any atom is 0.338 e. The van der Waals surface area contributed by atoms with Gasteiger partial charge >= 0.3 is 5.97 Å². The first-order valence-electron chi connectivity index (χ1n) is 8.34. The van der Waals surface area contributed by atoms with E-state index in [1.807, 2.05) is 0 Å². The number of carbonyl (C=O) groups excluding carboxylic acids is 2. The van der Waals surface area contributed by atoms with Gasteiger partial charge in [-0.2, -0.15) is 4.73 Å². The summed E-state index contributed by atoms with van der Waals surface area (Å²) in [5.74, 6) is -0.987. The van der Waals surface area contributed by atoms with E-state index in [9.17, 15) is 24.9 Å². The predicted molar refractivity (Wildman–Crippen MR) is 99.5 cm³/mol. The van der Waals surface area contributed by atoms with Crippen LogP contribution in [-0.4, -0.2) is 28.8 Å². The number of ether oxygens (including phenoxy) is 2. The number of fused-ring (bicyclic) bond motifs is 1. The van der Waals surface area contributed by atoms with Crippen molar-refractivity contribution in [3.63, 3.8) is 0 Å². The van der Waals surface area contributed by atoms with E-state index in [2.05, 4.69) is 4.98 Å². The van der Waals surface area contributed by atoms with Crippen LogP contribution >= 0.6 is 0 Å². The van der Waals surface area contributed by atoms with Crippen molar-refractivity contribution in [2.24, 2.45) is 0 Å². The van der Waals surface area contributed by atoms with Crippen LogP contribution in [0.1, 0.15) is 33.5 Å². The second-order valence-electron chi connectivity index (χ2n) is 6.00. The fraction of sp³-hybridized carbons (Fsp3) is 0.158. The highest BCUT2D eigenvalue weighted by Gasteiger charge is 2.25. The zero-order valence-corrected chi connectivity index (χ0v) is 15.4. The van der Waals surface area contributed by atoms with Crippen LogP contribution in [0.15, 0.2) is 42.5 Å². The van der Waals surface area contributed by atoms with Crippen LogP contribution in [0.3, 0.4) is 0 Å². The molecule has 10 heteroatoms. The highest BCUT2D eigenvalue weighted by atomic mass is 16.6. The molecule has 0 fully saturated rings. The Hall–Kier alpha value is -4.08. The molecule has 0 bridgehead atoms. The van der Waals surface area contributed by atoms with Crippen LogP contribution in [-0.2, 0) is 11.3 Å². The Balaban J connectivity index is 1.94. The monoisotopic (exact) mass is 397 g/mol. The third-order valence-electron chi connectivity index (χ3n) is 4.10. The Morgan fingerprint density at radius 3 is 2.62 bits per heavy atom. The fourth-order valence-electron chi connectivity index (χ4n) is 2.73. The molecule has 0 radical (unpaired) electrons. The van der Waals surface area contributed by atoms with Crippen LogP contribution in [0.5, 0.6) is 5.75 Å². The molecule has 2 aromatic carbocycles. The topological polar surface area (TPSA) is 136 Å². The first kappa shape index (κ1) is 19.7. The number of hydrogen-bond donors (Lipinski definition) is 0. The van der Waals surface area contributed by atoms with Gasteiger partial charge in [0.05, 0.1) is 23.7 Å². The first-order chi connectivity index (χ1) is 13.8. The number of esters is 1. The number of nitrogens with zero attached hydrogens (tertiary/aromatic N) is 3. The third kappa shape index (κ3) is 3.95. The van der Waals surface area contributed by atoms with E-state index < -0.39 is 23.3 Å². The average Bonchev–Trinajstić information content (AvgIpc) is 2.71. The standard InChI is InChI=1S/C19H15N3O7/c1-11(23)18-16(20-15-7-6-14(28-2)9-17(15)21(18)25)10-29-19(24)12-4-3-5-13(8-12)22(26)27/h3-9H,10H2,1-2H3. The molecule has 10 nitrogen and oxygen atoms in total. The molecule has 0 saturated carbocycles. The van der Waals surface area contributed by atoms with Crippen molar-refractivity contribution in [3.8, 4) is 5.75 Å². The van der Waals surface area contributed by atoms with E-state index in [1.165, 1.54) is 38.3 Å². The van der Waals surface area contributed by atoms with Crippen molar-refractivity contribution in [2.45, 2.75) is 13.5 Å². The molecule has 0 aliphatic rings. The molecular formula is C19H15N3O7. The van der Waals surface area contributed by atoms with E-state index in [0.717, 1.165) is 6.07 Å². The Bertz CT molecular complexity index is 1140. The average molecular weight is 397 g/mol. The highest BCUT2D eigenvalue weighted by molar-refractivity contribution is 5.93. The summed E-state index contributed by atoms with van der Waals surface area (Å²) in [5.41, 5.74) is -0.180. The van der Waals surface area contributed by atoms with Gasteiger partial charge in [0.25, 0.3) is 11.4 Å². The van der Waals surface area contributed by atoms with Gasteiger partial charge in [-0.3, -0.25) is 14.9 Å². The molecule has 0 spiro atoms. The van der Waals surface area contributed by atoms with Gasteiger partial charge in [0.2, 0.25) is 11.3 Å². The molecule has 0 saturated heterocycles. The molecular weight excluding hydrogens is 382 g/mol. The Morgan fingerprint density at radius 1 is 1.21 bits per heavy atom. The first-order valence-corrected chi connectivity index (χ1v) is 8.34. The van der Waals surface area contributed by atoms with Crippen LogP contribution in [0.4, 0.5) is 5.69 Å². The van der Waals surface area contributed by atoms with E-state index in [0.29, 0.717) is 10.5 Å². The number of ketones is 1. The molecule has 148 valence electrons. The van der Waals surface area contributed by atoms with Gasteiger partial charge in [0.15, 0.2) is 5.69 Å². The second-order valence-corrected chi connectivity index (χ2v) is 6.00. The van der Waals surface area contributed by atoms with Crippen molar-refractivity contribution in [3.05, 3.63) is 74.7 Å². The molecule has 0 aliphatic carbocycles. The number of non-ortho nitro benzene ring substituents is 1. The minimum Gasteiger partial charge on any atom is -0.618 e. The smallest absolute Gasteiger partial charge is 0.338 e. The Kier molecular flexibility index (Phi) is 5.35. The summed E-state index contributed by atoms with van der Waals surface area (Å²) in [6.45, 7) is 0.740. The molecule has 0 atom stereocenters. The summed E-state index contributed by atoms with van der Waals surface area (Å²) in [7, 11) is 1.44. The molecule has 0 aliphatic heterocycles. The molecule has 1 heterocycles. The van der Waals surface area contributed by atoms with Gasteiger partial charge < -0.3 is 14.7 Å². The number of Topliss-reactive ketones (excluding diaryl/α,β-unsaturated/α-hetero) is 1. The zero-order valence-electron chi connectivity index (χ0n) is 15.4. The number of carbonyl (C=O) groups is 2. The lowest BCUT2D eigenvalue weighted by molar-refractivity contribution is -0.580. The summed E-state index contributed by atoms with van der Waals surface area (Å²) in [6, 6.07) is 9.60. The summed E-state index contributed by atoms with van der Waals surface area (Å²) in [4.78, 5) is 38.7. The Labute approximate surface area is 164 Å². The minimum absolute atomic E-state index is 0.0241. The van der Waals surface area contributed by atoms with Crippen LogP contribution in [0, 0.1) is 15.3 Å². The van der Waals surface area contributed by atoms with Gasteiger partial charge in [0, 0.05) is 19.1 Å². The highest BCUT2D eigenvalue weighted by Crippen LogP contribution is 2.20. The van der Waals surface area contributed by atoms with Crippen molar-refractivity contribution in [1.82, 2.24) is 4.98 Å². The Morgan fingerprint density at radius 2 is 1.97 bits per heavy atom. The second kappa shape index (κ2) is 7.89. The molecule has 1 aromatic heterocycles. The lowest BCUT2D eigenvalue weighted by Gasteiger charge is -2.11. The quantitative estimate of drug-likeness (QED) is 0.154. The molecule has 0 amide bonds. The van der Waals surface area contributed by atoms with Crippen LogP contribution in [0.2, 0.25) is 0 Å². The van der Waals surface area contributed by atoms with Crippen LogP contribution < -0.4 is 9.47 Å². The fourth-order valence-corrected chi connectivity index (χ4v) is 2.73. The molecule has 0 N–H and O–H groups in total. The van der Waals surface area contributed by atoms with Crippen molar-refractivity contribution in [1.29, 1.82) is 0 Å². The summed E-state index contributed by atoms with van der Waals surface area (Å²) >= 11 is 0. The number of methoxy groups -OCH3 is 1. The van der Waals surface area contributed by atoms with Gasteiger partial charge in [-0.1, -0.05) is 6.07 Å². The molecule has 3 rings (SSSR count). The van der Waals surface area contributed by atoms with Crippen LogP contribution in [0.25, 0.3) is 11.0 Å². The maximum absolute atomic E-state index is 12.7. The number of nitro benzene ring substituents is 1. The van der Waals surface area contributed by atoms with Crippen molar-refractivity contribution < 1.29 is 28.7 Å². The number of hydrogen-bond acceptors (Lipinski definition) is 8. The largest absolute Gasteiger partial charge is 0.618 e. The number of nitro groups is 1. The predicted octanol–water partition coefficient (Wildman–Crippen LogP) is 2.34. The third-order valence-corrected chi connectivity index (χ3v) is 4.10. The number of aromatic nitrogens is 2. The van der Waals surface area contributed by atoms with E-state index >= 15 is 0 Å². The SMILES string of the molecule is COc1ccc2nc(COC(=O)c3cccc([N+](=O)[O-])c3)c(C(C)=O)[n+]([O-])c2c1. The van der Waals surface area contributed by atoms with Gasteiger partial charge in [-0.15, -0.1) is 0 Å². The number of benzene rings is 2. The van der Waals surface area contributed by atoms with Gasteiger partial charge in [-0.05, 0) is 18.2 Å². The zero-order chi connectivity index (χ0) is 21.1. The minimum atomic E-state index is -0.850. The molecule has 3 aromatic rings. The number of rotatable bonds is 6. The molecule has 0 unspecified atom stereocenters. The maximum atomic E-state index is 12.7. The summed E-state index contributed by atoms with van der Waals surface area (Å²) in [5, 5.41) is 23.5. The molecule has 29 heavy (non-hydrogen) atoms.